The molecule has 0 saturated carbocycles. The first kappa shape index (κ1) is 17.0. The molecule has 1 aromatic heterocycles. The molecule has 0 N–H and O–H groups in total. The highest BCUT2D eigenvalue weighted by Crippen LogP contribution is 2.20. The van der Waals surface area contributed by atoms with Crippen LogP contribution >= 0.6 is 0 Å². The van der Waals surface area contributed by atoms with Gasteiger partial charge in [-0.15, -0.1) is 0 Å². The molecule has 0 aliphatic rings. The maximum absolute atomic E-state index is 12.3. The molecular weight excluding hydrogens is 312 g/mol. The maximum Gasteiger partial charge on any atom is 0.223 e. The van der Waals surface area contributed by atoms with E-state index in [1.165, 1.54) is 5.56 Å². The highest BCUT2D eigenvalue weighted by atomic mass is 16.4. The van der Waals surface area contributed by atoms with Crippen LogP contribution in [0.3, 0.4) is 0 Å². The lowest BCUT2D eigenvalue weighted by Crippen LogP contribution is -2.26. The van der Waals surface area contributed by atoms with Crippen molar-refractivity contribution in [2.24, 2.45) is 0 Å². The number of nitrogens with zero attached hydrogens (tertiary/aromatic N) is 2. The second kappa shape index (κ2) is 7.79. The van der Waals surface area contributed by atoms with Crippen LogP contribution in [-0.2, 0) is 17.8 Å². The molecule has 1 amide bonds. The van der Waals surface area contributed by atoms with Crippen LogP contribution in [-0.4, -0.2) is 22.8 Å². The van der Waals surface area contributed by atoms with E-state index in [1.807, 2.05) is 37.4 Å². The SMILES string of the molecule is Cc1ccc(CN(C)C(=O)CCc2ncc(-c3ccccc3)o2)cc1. The van der Waals surface area contributed by atoms with E-state index in [2.05, 4.69) is 36.2 Å². The Hall–Kier alpha value is -2.88. The summed E-state index contributed by atoms with van der Waals surface area (Å²) >= 11 is 0. The zero-order chi connectivity index (χ0) is 17.6. The number of hydrogen-bond acceptors (Lipinski definition) is 3. The molecule has 3 rings (SSSR count). The molecular formula is C21H22N2O2. The number of aryl methyl sites for hydroxylation is 2. The summed E-state index contributed by atoms with van der Waals surface area (Å²) in [7, 11) is 1.83. The number of oxazole rings is 1. The summed E-state index contributed by atoms with van der Waals surface area (Å²) in [5, 5.41) is 0. The summed E-state index contributed by atoms with van der Waals surface area (Å²) < 4.78 is 5.75. The minimum Gasteiger partial charge on any atom is -0.441 e. The first-order chi connectivity index (χ1) is 12.1. The lowest BCUT2D eigenvalue weighted by molar-refractivity contribution is -0.130. The average molecular weight is 334 g/mol. The number of carbonyl (C=O) groups excluding carboxylic acids is 1. The Morgan fingerprint density at radius 1 is 1.08 bits per heavy atom. The van der Waals surface area contributed by atoms with Gasteiger partial charge in [0.2, 0.25) is 5.91 Å². The fourth-order valence-electron chi connectivity index (χ4n) is 2.62. The van der Waals surface area contributed by atoms with Gasteiger partial charge in [0.15, 0.2) is 11.7 Å². The molecule has 0 unspecified atom stereocenters. The van der Waals surface area contributed by atoms with Crippen LogP contribution in [0.15, 0.2) is 65.2 Å². The first-order valence-corrected chi connectivity index (χ1v) is 8.41. The Morgan fingerprint density at radius 3 is 2.52 bits per heavy atom. The lowest BCUT2D eigenvalue weighted by Gasteiger charge is -2.17. The van der Waals surface area contributed by atoms with E-state index in [-0.39, 0.29) is 5.91 Å². The zero-order valence-corrected chi connectivity index (χ0v) is 14.6. The topological polar surface area (TPSA) is 46.3 Å². The third-order valence-electron chi connectivity index (χ3n) is 4.13. The molecule has 4 heteroatoms. The summed E-state index contributed by atoms with van der Waals surface area (Å²) in [5.74, 6) is 1.41. The predicted molar refractivity (Wildman–Crippen MR) is 97.9 cm³/mol. The minimum absolute atomic E-state index is 0.0834. The highest BCUT2D eigenvalue weighted by molar-refractivity contribution is 5.76. The molecule has 128 valence electrons. The van der Waals surface area contributed by atoms with Crippen molar-refractivity contribution >= 4 is 5.91 Å². The monoisotopic (exact) mass is 334 g/mol. The summed E-state index contributed by atoms with van der Waals surface area (Å²) in [6.07, 6.45) is 2.60. The van der Waals surface area contributed by atoms with E-state index in [9.17, 15) is 4.79 Å². The van der Waals surface area contributed by atoms with Gasteiger partial charge in [0.05, 0.1) is 6.20 Å². The molecule has 1 heterocycles. The molecule has 0 aliphatic heterocycles. The standard InChI is InChI=1S/C21H22N2O2/c1-16-8-10-17(11-9-16)15-23(2)21(24)13-12-20-22-14-19(25-20)18-6-4-3-5-7-18/h3-11,14H,12-13,15H2,1-2H3. The smallest absolute Gasteiger partial charge is 0.223 e. The third-order valence-corrected chi connectivity index (χ3v) is 4.13. The van der Waals surface area contributed by atoms with Crippen LogP contribution in [0.4, 0.5) is 0 Å². The number of hydrogen-bond donors (Lipinski definition) is 0. The third kappa shape index (κ3) is 4.57. The van der Waals surface area contributed by atoms with Gasteiger partial charge in [-0.3, -0.25) is 4.79 Å². The normalized spacial score (nSPS) is 10.6. The van der Waals surface area contributed by atoms with E-state index < -0.39 is 0 Å². The van der Waals surface area contributed by atoms with Gasteiger partial charge in [0.25, 0.3) is 0 Å². The summed E-state index contributed by atoms with van der Waals surface area (Å²) in [6, 6.07) is 18.1. The van der Waals surface area contributed by atoms with E-state index in [1.54, 1.807) is 11.1 Å². The van der Waals surface area contributed by atoms with Crippen LogP contribution in [0, 0.1) is 6.92 Å². The highest BCUT2D eigenvalue weighted by Gasteiger charge is 2.12. The fourth-order valence-corrected chi connectivity index (χ4v) is 2.62. The van der Waals surface area contributed by atoms with E-state index in [4.69, 9.17) is 4.42 Å². The molecule has 4 nitrogen and oxygen atoms in total. The number of amides is 1. The molecule has 25 heavy (non-hydrogen) atoms. The van der Waals surface area contributed by atoms with Crippen molar-refractivity contribution in [1.82, 2.24) is 9.88 Å². The number of benzene rings is 2. The zero-order valence-electron chi connectivity index (χ0n) is 14.6. The second-order valence-corrected chi connectivity index (χ2v) is 6.22. The van der Waals surface area contributed by atoms with Gasteiger partial charge >= 0.3 is 0 Å². The van der Waals surface area contributed by atoms with Gasteiger partial charge in [-0.1, -0.05) is 60.2 Å². The summed E-state index contributed by atoms with van der Waals surface area (Å²) in [6.45, 7) is 2.67. The Balaban J connectivity index is 1.53. The van der Waals surface area contributed by atoms with Gasteiger partial charge in [0.1, 0.15) is 0 Å². The molecule has 0 aliphatic carbocycles. The van der Waals surface area contributed by atoms with Crippen LogP contribution in [0.1, 0.15) is 23.4 Å². The largest absolute Gasteiger partial charge is 0.441 e. The summed E-state index contributed by atoms with van der Waals surface area (Å²) in [5.41, 5.74) is 3.34. The van der Waals surface area contributed by atoms with Crippen LogP contribution in [0.25, 0.3) is 11.3 Å². The van der Waals surface area contributed by atoms with E-state index in [0.717, 1.165) is 16.9 Å². The van der Waals surface area contributed by atoms with Crippen molar-refractivity contribution in [3.63, 3.8) is 0 Å². The Labute approximate surface area is 148 Å². The second-order valence-electron chi connectivity index (χ2n) is 6.22. The Bertz CT molecular complexity index is 823. The predicted octanol–water partition coefficient (Wildman–Crippen LogP) is 4.24. The van der Waals surface area contributed by atoms with Crippen molar-refractivity contribution in [3.8, 4) is 11.3 Å². The van der Waals surface area contributed by atoms with E-state index >= 15 is 0 Å². The van der Waals surface area contributed by atoms with Gasteiger partial charge in [-0.2, -0.15) is 0 Å². The van der Waals surface area contributed by atoms with Crippen molar-refractivity contribution < 1.29 is 9.21 Å². The minimum atomic E-state index is 0.0834. The molecule has 0 radical (unpaired) electrons. The summed E-state index contributed by atoms with van der Waals surface area (Å²) in [4.78, 5) is 18.3. The van der Waals surface area contributed by atoms with Gasteiger partial charge < -0.3 is 9.32 Å². The van der Waals surface area contributed by atoms with Crippen LogP contribution < -0.4 is 0 Å². The Morgan fingerprint density at radius 2 is 1.80 bits per heavy atom. The number of aromatic nitrogens is 1. The quantitative estimate of drug-likeness (QED) is 0.677. The van der Waals surface area contributed by atoms with Crippen molar-refractivity contribution in [1.29, 1.82) is 0 Å². The molecule has 0 fully saturated rings. The fraction of sp³-hybridized carbons (Fsp3) is 0.238. The Kier molecular flexibility index (Phi) is 5.29. The van der Waals surface area contributed by atoms with Gasteiger partial charge in [-0.05, 0) is 12.5 Å². The van der Waals surface area contributed by atoms with Gasteiger partial charge in [0, 0.05) is 32.0 Å². The molecule has 3 aromatic rings. The molecule has 0 saturated heterocycles. The number of rotatable bonds is 6. The van der Waals surface area contributed by atoms with Crippen molar-refractivity contribution in [3.05, 3.63) is 77.8 Å². The lowest BCUT2D eigenvalue weighted by atomic mass is 10.1. The molecule has 0 spiro atoms. The molecule has 0 atom stereocenters. The van der Waals surface area contributed by atoms with E-state index in [0.29, 0.717) is 25.3 Å². The average Bonchev–Trinajstić information content (AvgIpc) is 3.11. The number of carbonyl (C=O) groups is 1. The van der Waals surface area contributed by atoms with Crippen molar-refractivity contribution in [2.75, 3.05) is 7.05 Å². The molecule has 0 bridgehead atoms. The van der Waals surface area contributed by atoms with Gasteiger partial charge in [-0.25, -0.2) is 4.98 Å². The first-order valence-electron chi connectivity index (χ1n) is 8.41. The molecule has 2 aromatic carbocycles. The van der Waals surface area contributed by atoms with Crippen molar-refractivity contribution in [2.45, 2.75) is 26.3 Å². The van der Waals surface area contributed by atoms with Crippen LogP contribution in [0.5, 0.6) is 0 Å². The maximum atomic E-state index is 12.3. The van der Waals surface area contributed by atoms with Crippen LogP contribution in [0.2, 0.25) is 0 Å².